The van der Waals surface area contributed by atoms with Crippen LogP contribution in [-0.4, -0.2) is 18.5 Å². The first-order valence-electron chi connectivity index (χ1n) is 5.13. The van der Waals surface area contributed by atoms with Crippen LogP contribution in [0.2, 0.25) is 5.02 Å². The Morgan fingerprint density at radius 1 is 1.38 bits per heavy atom. The Morgan fingerprint density at radius 3 is 2.50 bits per heavy atom. The normalized spacial score (nSPS) is 11.3. The van der Waals surface area contributed by atoms with Crippen molar-refractivity contribution in [3.05, 3.63) is 28.8 Å². The van der Waals surface area contributed by atoms with Gasteiger partial charge >= 0.3 is 0 Å². The van der Waals surface area contributed by atoms with E-state index in [-0.39, 0.29) is 5.91 Å². The molecule has 4 heteroatoms. The Balaban J connectivity index is 2.85. The number of likely N-dealkylation sites (N-methyl/N-ethyl adjacent to an activating group) is 1. The molecule has 0 heterocycles. The SMILES string of the molecule is CNC(C)(C)C(=O)Nc1ccc(Cl)cc1C. The van der Waals surface area contributed by atoms with Gasteiger partial charge in [-0.05, 0) is 51.6 Å². The molecule has 0 unspecified atom stereocenters. The number of hydrogen-bond acceptors (Lipinski definition) is 2. The van der Waals surface area contributed by atoms with Crippen molar-refractivity contribution >= 4 is 23.2 Å². The summed E-state index contributed by atoms with van der Waals surface area (Å²) < 4.78 is 0. The first kappa shape index (κ1) is 13.0. The van der Waals surface area contributed by atoms with E-state index < -0.39 is 5.54 Å². The van der Waals surface area contributed by atoms with Gasteiger partial charge in [0.2, 0.25) is 5.91 Å². The van der Waals surface area contributed by atoms with Crippen LogP contribution in [0.15, 0.2) is 18.2 Å². The second-order valence-corrected chi connectivity index (χ2v) is 4.72. The Bertz CT molecular complexity index is 402. The predicted octanol–water partition coefficient (Wildman–Crippen LogP) is 2.58. The fourth-order valence-electron chi connectivity index (χ4n) is 1.16. The van der Waals surface area contributed by atoms with Crippen molar-refractivity contribution in [3.63, 3.8) is 0 Å². The minimum absolute atomic E-state index is 0.0691. The molecule has 88 valence electrons. The highest BCUT2D eigenvalue weighted by atomic mass is 35.5. The van der Waals surface area contributed by atoms with Gasteiger partial charge in [0.05, 0.1) is 5.54 Å². The number of aryl methyl sites for hydroxylation is 1. The van der Waals surface area contributed by atoms with Crippen LogP contribution in [0.25, 0.3) is 0 Å². The Labute approximate surface area is 101 Å². The average molecular weight is 241 g/mol. The molecule has 0 aliphatic heterocycles. The molecule has 0 fully saturated rings. The third-order valence-corrected chi connectivity index (χ3v) is 2.86. The van der Waals surface area contributed by atoms with E-state index in [1.165, 1.54) is 0 Å². The number of carbonyl (C=O) groups is 1. The van der Waals surface area contributed by atoms with Gasteiger partial charge in [0, 0.05) is 10.7 Å². The molecule has 1 amide bonds. The minimum atomic E-state index is -0.591. The van der Waals surface area contributed by atoms with Crippen LogP contribution in [0.1, 0.15) is 19.4 Å². The first-order valence-corrected chi connectivity index (χ1v) is 5.51. The number of nitrogens with one attached hydrogen (secondary N) is 2. The number of rotatable bonds is 3. The van der Waals surface area contributed by atoms with Crippen LogP contribution in [0, 0.1) is 6.92 Å². The molecule has 1 rings (SSSR count). The van der Waals surface area contributed by atoms with E-state index in [9.17, 15) is 4.79 Å². The Hall–Kier alpha value is -1.06. The van der Waals surface area contributed by atoms with Gasteiger partial charge in [-0.3, -0.25) is 4.79 Å². The summed E-state index contributed by atoms with van der Waals surface area (Å²) in [5, 5.41) is 6.49. The lowest BCUT2D eigenvalue weighted by Crippen LogP contribution is -2.47. The molecule has 0 aliphatic carbocycles. The maximum Gasteiger partial charge on any atom is 0.244 e. The van der Waals surface area contributed by atoms with Gasteiger partial charge in [0.25, 0.3) is 0 Å². The molecule has 0 saturated carbocycles. The molecule has 0 radical (unpaired) electrons. The van der Waals surface area contributed by atoms with E-state index in [0.717, 1.165) is 11.3 Å². The monoisotopic (exact) mass is 240 g/mol. The van der Waals surface area contributed by atoms with Gasteiger partial charge in [-0.2, -0.15) is 0 Å². The molecule has 0 spiro atoms. The number of benzene rings is 1. The standard InChI is InChI=1S/C12H17ClN2O/c1-8-7-9(13)5-6-10(8)15-11(16)12(2,3)14-4/h5-7,14H,1-4H3,(H,15,16). The highest BCUT2D eigenvalue weighted by Gasteiger charge is 2.25. The van der Waals surface area contributed by atoms with Gasteiger partial charge in [0.15, 0.2) is 0 Å². The van der Waals surface area contributed by atoms with Crippen molar-refractivity contribution in [2.24, 2.45) is 0 Å². The van der Waals surface area contributed by atoms with E-state index >= 15 is 0 Å². The maximum absolute atomic E-state index is 11.9. The largest absolute Gasteiger partial charge is 0.324 e. The summed E-state index contributed by atoms with van der Waals surface area (Å²) in [5.74, 6) is -0.0691. The van der Waals surface area contributed by atoms with E-state index in [4.69, 9.17) is 11.6 Å². The zero-order chi connectivity index (χ0) is 12.3. The zero-order valence-corrected chi connectivity index (χ0v) is 10.8. The van der Waals surface area contributed by atoms with Gasteiger partial charge in [-0.1, -0.05) is 11.6 Å². The molecule has 3 nitrogen and oxygen atoms in total. The molecular formula is C12H17ClN2O. The average Bonchev–Trinajstić information content (AvgIpc) is 2.22. The topological polar surface area (TPSA) is 41.1 Å². The highest BCUT2D eigenvalue weighted by molar-refractivity contribution is 6.30. The molecule has 1 aromatic rings. The van der Waals surface area contributed by atoms with Crippen molar-refractivity contribution in [2.45, 2.75) is 26.3 Å². The summed E-state index contributed by atoms with van der Waals surface area (Å²) in [6, 6.07) is 5.39. The van der Waals surface area contributed by atoms with Crippen molar-refractivity contribution in [1.82, 2.24) is 5.32 Å². The highest BCUT2D eigenvalue weighted by Crippen LogP contribution is 2.20. The second-order valence-electron chi connectivity index (χ2n) is 4.29. The van der Waals surface area contributed by atoms with Gasteiger partial charge in [-0.25, -0.2) is 0 Å². The molecule has 1 aromatic carbocycles. The Kier molecular flexibility index (Phi) is 3.94. The number of anilines is 1. The van der Waals surface area contributed by atoms with Crippen LogP contribution in [0.5, 0.6) is 0 Å². The predicted molar refractivity (Wildman–Crippen MR) is 68.0 cm³/mol. The molecule has 0 bridgehead atoms. The summed E-state index contributed by atoms with van der Waals surface area (Å²) in [6.45, 7) is 5.56. The molecule has 0 aromatic heterocycles. The third kappa shape index (κ3) is 2.97. The van der Waals surface area contributed by atoms with Crippen LogP contribution in [0.3, 0.4) is 0 Å². The van der Waals surface area contributed by atoms with Gasteiger partial charge in [-0.15, -0.1) is 0 Å². The molecule has 0 saturated heterocycles. The molecular weight excluding hydrogens is 224 g/mol. The second kappa shape index (κ2) is 4.85. The number of hydrogen-bond donors (Lipinski definition) is 2. The van der Waals surface area contributed by atoms with Gasteiger partial charge in [0.1, 0.15) is 0 Å². The lowest BCUT2D eigenvalue weighted by atomic mass is 10.0. The quantitative estimate of drug-likeness (QED) is 0.853. The van der Waals surface area contributed by atoms with Gasteiger partial charge < -0.3 is 10.6 Å². The van der Waals surface area contributed by atoms with E-state index in [1.807, 2.05) is 26.8 Å². The fraction of sp³-hybridized carbons (Fsp3) is 0.417. The van der Waals surface area contributed by atoms with E-state index in [1.54, 1.807) is 19.2 Å². The smallest absolute Gasteiger partial charge is 0.244 e. The molecule has 0 atom stereocenters. The summed E-state index contributed by atoms with van der Waals surface area (Å²) in [7, 11) is 1.76. The number of carbonyl (C=O) groups excluding carboxylic acids is 1. The lowest BCUT2D eigenvalue weighted by Gasteiger charge is -2.23. The summed E-state index contributed by atoms with van der Waals surface area (Å²) in [5.41, 5.74) is 1.15. The van der Waals surface area contributed by atoms with Crippen molar-refractivity contribution in [1.29, 1.82) is 0 Å². The summed E-state index contributed by atoms with van der Waals surface area (Å²) in [4.78, 5) is 11.9. The van der Waals surface area contributed by atoms with Crippen LogP contribution in [-0.2, 0) is 4.79 Å². The van der Waals surface area contributed by atoms with E-state index in [0.29, 0.717) is 5.02 Å². The molecule has 2 N–H and O–H groups in total. The van der Waals surface area contributed by atoms with Crippen LogP contribution in [0.4, 0.5) is 5.69 Å². The third-order valence-electron chi connectivity index (χ3n) is 2.63. The van der Waals surface area contributed by atoms with Crippen molar-refractivity contribution < 1.29 is 4.79 Å². The van der Waals surface area contributed by atoms with Crippen LogP contribution < -0.4 is 10.6 Å². The summed E-state index contributed by atoms with van der Waals surface area (Å²) in [6.07, 6.45) is 0. The maximum atomic E-state index is 11.9. The van der Waals surface area contributed by atoms with Crippen LogP contribution >= 0.6 is 11.6 Å². The Morgan fingerprint density at radius 2 is 2.00 bits per heavy atom. The molecule has 16 heavy (non-hydrogen) atoms. The molecule has 0 aliphatic rings. The summed E-state index contributed by atoms with van der Waals surface area (Å²) >= 11 is 5.85. The lowest BCUT2D eigenvalue weighted by molar-refractivity contribution is -0.121. The van der Waals surface area contributed by atoms with Crippen molar-refractivity contribution in [3.8, 4) is 0 Å². The fourth-order valence-corrected chi connectivity index (χ4v) is 1.39. The van der Waals surface area contributed by atoms with Crippen molar-refractivity contribution in [2.75, 3.05) is 12.4 Å². The first-order chi connectivity index (χ1) is 7.36. The number of halogens is 1. The van der Waals surface area contributed by atoms with E-state index in [2.05, 4.69) is 10.6 Å². The number of amides is 1. The minimum Gasteiger partial charge on any atom is -0.324 e. The zero-order valence-electron chi connectivity index (χ0n) is 10.0.